The number of H-pyrrole nitrogens is 1. The maximum absolute atomic E-state index is 12.3. The van der Waals surface area contributed by atoms with Gasteiger partial charge in [0.2, 0.25) is 0 Å². The van der Waals surface area contributed by atoms with Crippen molar-refractivity contribution in [3.05, 3.63) is 54.0 Å². The van der Waals surface area contributed by atoms with Crippen LogP contribution in [0, 0.1) is 0 Å². The van der Waals surface area contributed by atoms with Gasteiger partial charge in [0.1, 0.15) is 11.6 Å². The molecular formula is C18H20N6O2. The third-order valence-electron chi connectivity index (χ3n) is 4.35. The largest absolute Gasteiger partial charge is 0.455 e. The predicted molar refractivity (Wildman–Crippen MR) is 94.0 cm³/mol. The molecule has 1 fully saturated rings. The highest BCUT2D eigenvalue weighted by Gasteiger charge is 2.16. The van der Waals surface area contributed by atoms with Gasteiger partial charge in [-0.3, -0.25) is 19.8 Å². The molecule has 4 rings (SSSR count). The van der Waals surface area contributed by atoms with Crippen molar-refractivity contribution in [3.8, 4) is 11.4 Å². The van der Waals surface area contributed by atoms with E-state index in [2.05, 4.69) is 30.4 Å². The number of nitrogens with zero attached hydrogens (tertiary/aromatic N) is 4. The molecule has 0 aliphatic carbocycles. The molecule has 1 amide bonds. The van der Waals surface area contributed by atoms with Gasteiger partial charge in [0.05, 0.1) is 13.1 Å². The van der Waals surface area contributed by atoms with Crippen LogP contribution in [-0.2, 0) is 13.1 Å². The normalized spacial score (nSPS) is 14.6. The molecule has 0 aromatic carbocycles. The zero-order valence-electron chi connectivity index (χ0n) is 14.3. The number of aromatic nitrogens is 4. The van der Waals surface area contributed by atoms with Crippen LogP contribution in [0.5, 0.6) is 0 Å². The Labute approximate surface area is 150 Å². The standard InChI is InChI=1S/C18H20N6O2/c25-18(15-4-3-14(26-15)12-24-9-1-2-10-24)20-11-16-21-17(23-22-16)13-5-7-19-8-6-13/h3-8H,1-2,9-12H2,(H,20,25)(H,21,22,23). The second-order valence-corrected chi connectivity index (χ2v) is 6.27. The van der Waals surface area contributed by atoms with E-state index in [1.165, 1.54) is 12.8 Å². The second kappa shape index (κ2) is 7.49. The molecule has 4 heterocycles. The van der Waals surface area contributed by atoms with Crippen LogP contribution in [-0.4, -0.2) is 44.1 Å². The third kappa shape index (κ3) is 3.80. The SMILES string of the molecule is O=C(NCc1nc(-c2ccncc2)n[nH]1)c1ccc(CN2CCCC2)o1. The van der Waals surface area contributed by atoms with Crippen molar-refractivity contribution in [2.24, 2.45) is 0 Å². The van der Waals surface area contributed by atoms with Crippen molar-refractivity contribution in [2.45, 2.75) is 25.9 Å². The second-order valence-electron chi connectivity index (χ2n) is 6.27. The Morgan fingerprint density at radius 1 is 1.19 bits per heavy atom. The molecular weight excluding hydrogens is 332 g/mol. The Bertz CT molecular complexity index is 867. The van der Waals surface area contributed by atoms with Crippen LogP contribution in [0.1, 0.15) is 35.0 Å². The summed E-state index contributed by atoms with van der Waals surface area (Å²) in [5.41, 5.74) is 0.867. The maximum atomic E-state index is 12.3. The smallest absolute Gasteiger partial charge is 0.287 e. The maximum Gasteiger partial charge on any atom is 0.287 e. The van der Waals surface area contributed by atoms with E-state index in [1.54, 1.807) is 18.5 Å². The van der Waals surface area contributed by atoms with Gasteiger partial charge in [0.25, 0.3) is 5.91 Å². The summed E-state index contributed by atoms with van der Waals surface area (Å²) >= 11 is 0. The molecule has 0 atom stereocenters. The van der Waals surface area contributed by atoms with Gasteiger partial charge in [-0.15, -0.1) is 0 Å². The first kappa shape index (κ1) is 16.5. The number of pyridine rings is 1. The van der Waals surface area contributed by atoms with Gasteiger partial charge in [-0.1, -0.05) is 0 Å². The van der Waals surface area contributed by atoms with Crippen molar-refractivity contribution < 1.29 is 9.21 Å². The monoisotopic (exact) mass is 352 g/mol. The average Bonchev–Trinajstić information content (AvgIpc) is 3.43. The molecule has 0 bridgehead atoms. The fourth-order valence-corrected chi connectivity index (χ4v) is 3.00. The number of likely N-dealkylation sites (tertiary alicyclic amines) is 1. The number of hydrogen-bond donors (Lipinski definition) is 2. The number of carbonyl (C=O) groups excluding carboxylic acids is 1. The van der Waals surface area contributed by atoms with Gasteiger partial charge in [0, 0.05) is 18.0 Å². The number of aromatic amines is 1. The van der Waals surface area contributed by atoms with Gasteiger partial charge >= 0.3 is 0 Å². The van der Waals surface area contributed by atoms with Gasteiger partial charge in [-0.2, -0.15) is 5.10 Å². The first-order valence-corrected chi connectivity index (χ1v) is 8.69. The summed E-state index contributed by atoms with van der Waals surface area (Å²) in [4.78, 5) is 22.9. The topological polar surface area (TPSA) is 99.9 Å². The third-order valence-corrected chi connectivity index (χ3v) is 4.35. The molecule has 3 aromatic heterocycles. The molecule has 1 aliphatic rings. The Hall–Kier alpha value is -3.00. The summed E-state index contributed by atoms with van der Waals surface area (Å²) in [6, 6.07) is 7.24. The first-order valence-electron chi connectivity index (χ1n) is 8.69. The van der Waals surface area contributed by atoms with Crippen LogP contribution < -0.4 is 5.32 Å². The van der Waals surface area contributed by atoms with Crippen LogP contribution in [0.3, 0.4) is 0 Å². The molecule has 1 saturated heterocycles. The Balaban J connectivity index is 1.32. The molecule has 3 aromatic rings. The van der Waals surface area contributed by atoms with Gasteiger partial charge < -0.3 is 9.73 Å². The fourth-order valence-electron chi connectivity index (χ4n) is 3.00. The van der Waals surface area contributed by atoms with Crippen LogP contribution in [0.2, 0.25) is 0 Å². The van der Waals surface area contributed by atoms with Crippen LogP contribution >= 0.6 is 0 Å². The molecule has 1 aliphatic heterocycles. The van der Waals surface area contributed by atoms with Gasteiger partial charge in [-0.05, 0) is 50.2 Å². The van der Waals surface area contributed by atoms with E-state index >= 15 is 0 Å². The highest BCUT2D eigenvalue weighted by atomic mass is 16.4. The Morgan fingerprint density at radius 3 is 2.81 bits per heavy atom. The molecule has 2 N–H and O–H groups in total. The lowest BCUT2D eigenvalue weighted by atomic mass is 10.2. The van der Waals surface area contributed by atoms with E-state index in [-0.39, 0.29) is 12.5 Å². The number of furan rings is 1. The zero-order chi connectivity index (χ0) is 17.8. The van der Waals surface area contributed by atoms with E-state index in [0.717, 1.165) is 31.0 Å². The van der Waals surface area contributed by atoms with Gasteiger partial charge in [-0.25, -0.2) is 4.98 Å². The minimum atomic E-state index is -0.264. The van der Waals surface area contributed by atoms with Crippen molar-refractivity contribution in [1.29, 1.82) is 0 Å². The first-order chi connectivity index (χ1) is 12.8. The zero-order valence-corrected chi connectivity index (χ0v) is 14.3. The Kier molecular flexibility index (Phi) is 4.74. The predicted octanol–water partition coefficient (Wildman–Crippen LogP) is 1.99. The van der Waals surface area contributed by atoms with Crippen molar-refractivity contribution in [3.63, 3.8) is 0 Å². The molecule has 0 unspecified atom stereocenters. The van der Waals surface area contributed by atoms with Gasteiger partial charge in [0.15, 0.2) is 11.6 Å². The molecule has 26 heavy (non-hydrogen) atoms. The van der Waals surface area contributed by atoms with E-state index in [0.29, 0.717) is 17.4 Å². The summed E-state index contributed by atoms with van der Waals surface area (Å²) in [6.45, 7) is 3.19. The minimum Gasteiger partial charge on any atom is -0.455 e. The van der Waals surface area contributed by atoms with Crippen molar-refractivity contribution in [1.82, 2.24) is 30.4 Å². The van der Waals surface area contributed by atoms with Crippen LogP contribution in [0.4, 0.5) is 0 Å². The number of amides is 1. The lowest BCUT2D eigenvalue weighted by Crippen LogP contribution is -2.23. The van der Waals surface area contributed by atoms with Crippen molar-refractivity contribution >= 4 is 5.91 Å². The Morgan fingerprint density at radius 2 is 2.00 bits per heavy atom. The summed E-state index contributed by atoms with van der Waals surface area (Å²) in [5.74, 6) is 2.01. The fraction of sp³-hybridized carbons (Fsp3) is 0.333. The number of rotatable bonds is 6. The lowest BCUT2D eigenvalue weighted by Gasteiger charge is -2.11. The quantitative estimate of drug-likeness (QED) is 0.704. The molecule has 8 heteroatoms. The molecule has 8 nitrogen and oxygen atoms in total. The number of nitrogens with one attached hydrogen (secondary N) is 2. The van der Waals surface area contributed by atoms with Crippen LogP contribution in [0.15, 0.2) is 41.1 Å². The molecule has 134 valence electrons. The highest BCUT2D eigenvalue weighted by molar-refractivity contribution is 5.91. The molecule has 0 spiro atoms. The summed E-state index contributed by atoms with van der Waals surface area (Å²) in [5, 5.41) is 9.78. The van der Waals surface area contributed by atoms with E-state index in [9.17, 15) is 4.79 Å². The average molecular weight is 352 g/mol. The minimum absolute atomic E-state index is 0.249. The number of hydrogen-bond acceptors (Lipinski definition) is 6. The summed E-state index contributed by atoms with van der Waals surface area (Å²) in [7, 11) is 0. The number of carbonyl (C=O) groups is 1. The van der Waals surface area contributed by atoms with E-state index < -0.39 is 0 Å². The van der Waals surface area contributed by atoms with Crippen LogP contribution in [0.25, 0.3) is 11.4 Å². The highest BCUT2D eigenvalue weighted by Crippen LogP contribution is 2.15. The lowest BCUT2D eigenvalue weighted by molar-refractivity contribution is 0.0918. The molecule has 0 saturated carbocycles. The van der Waals surface area contributed by atoms with Crippen molar-refractivity contribution in [2.75, 3.05) is 13.1 Å². The van der Waals surface area contributed by atoms with E-state index in [4.69, 9.17) is 4.42 Å². The summed E-state index contributed by atoms with van der Waals surface area (Å²) in [6.07, 6.45) is 5.83. The molecule has 0 radical (unpaired) electrons. The van der Waals surface area contributed by atoms with E-state index in [1.807, 2.05) is 18.2 Å². The summed E-state index contributed by atoms with van der Waals surface area (Å²) < 4.78 is 5.66.